The van der Waals surface area contributed by atoms with Crippen molar-refractivity contribution in [2.45, 2.75) is 13.5 Å². The van der Waals surface area contributed by atoms with Crippen LogP contribution in [0.2, 0.25) is 5.02 Å². The average Bonchev–Trinajstić information content (AvgIpc) is 2.91. The van der Waals surface area contributed by atoms with Gasteiger partial charge in [-0.05, 0) is 18.6 Å². The molecule has 0 spiro atoms. The number of carbonyl (C=O) groups excluding carboxylic acids is 1. The second-order valence-electron chi connectivity index (χ2n) is 4.18. The second-order valence-corrected chi connectivity index (χ2v) is 5.43. The fourth-order valence-electron chi connectivity index (χ4n) is 1.69. The van der Waals surface area contributed by atoms with Gasteiger partial charge in [0.25, 0.3) is 0 Å². The second kappa shape index (κ2) is 6.72. The summed E-state index contributed by atoms with van der Waals surface area (Å²) in [5.41, 5.74) is 1.36. The minimum Gasteiger partial charge on any atom is -0.461 e. The Morgan fingerprint density at radius 1 is 1.45 bits per heavy atom. The van der Waals surface area contributed by atoms with Gasteiger partial charge in [-0.3, -0.25) is 0 Å². The third-order valence-corrected chi connectivity index (χ3v) is 3.99. The van der Waals surface area contributed by atoms with Crippen LogP contribution in [0.4, 0.5) is 5.13 Å². The number of anilines is 1. The number of hydrogen-bond acceptors (Lipinski definition) is 5. The highest BCUT2D eigenvalue weighted by atomic mass is 35.5. The van der Waals surface area contributed by atoms with Crippen molar-refractivity contribution in [2.75, 3.05) is 18.6 Å². The van der Waals surface area contributed by atoms with Crippen molar-refractivity contribution in [1.82, 2.24) is 4.98 Å². The van der Waals surface area contributed by atoms with Crippen molar-refractivity contribution in [3.05, 3.63) is 45.9 Å². The number of ether oxygens (including phenoxy) is 1. The quantitative estimate of drug-likeness (QED) is 0.791. The maximum atomic E-state index is 11.6. The first-order valence-corrected chi connectivity index (χ1v) is 7.44. The zero-order valence-corrected chi connectivity index (χ0v) is 12.9. The summed E-state index contributed by atoms with van der Waals surface area (Å²) in [4.78, 5) is 17.8. The van der Waals surface area contributed by atoms with E-state index >= 15 is 0 Å². The number of aromatic nitrogens is 1. The standard InChI is InChI=1S/C14H15ClN2O2S/c1-3-19-13(18)12-9-20-14(16-12)17(2)8-10-6-4-5-7-11(10)15/h4-7,9H,3,8H2,1-2H3. The molecule has 0 aliphatic carbocycles. The predicted octanol–water partition coefficient (Wildman–Crippen LogP) is 3.61. The van der Waals surface area contributed by atoms with Crippen molar-refractivity contribution in [3.63, 3.8) is 0 Å². The summed E-state index contributed by atoms with van der Waals surface area (Å²) in [6.07, 6.45) is 0. The normalized spacial score (nSPS) is 10.3. The molecule has 0 fully saturated rings. The van der Waals surface area contributed by atoms with Gasteiger partial charge in [-0.1, -0.05) is 29.8 Å². The molecule has 0 saturated carbocycles. The van der Waals surface area contributed by atoms with Crippen LogP contribution in [0.3, 0.4) is 0 Å². The van der Waals surface area contributed by atoms with E-state index in [0.29, 0.717) is 18.8 Å². The van der Waals surface area contributed by atoms with Gasteiger partial charge in [0.15, 0.2) is 10.8 Å². The molecule has 0 radical (unpaired) electrons. The minimum absolute atomic E-state index is 0.345. The summed E-state index contributed by atoms with van der Waals surface area (Å²) >= 11 is 7.54. The van der Waals surface area contributed by atoms with Crippen LogP contribution in [0.25, 0.3) is 0 Å². The Hall–Kier alpha value is -1.59. The van der Waals surface area contributed by atoms with Crippen LogP contribution in [0.1, 0.15) is 23.0 Å². The molecule has 1 aromatic heterocycles. The summed E-state index contributed by atoms with van der Waals surface area (Å²) < 4.78 is 4.92. The largest absolute Gasteiger partial charge is 0.461 e. The monoisotopic (exact) mass is 310 g/mol. The number of thiazole rings is 1. The highest BCUT2D eigenvalue weighted by molar-refractivity contribution is 7.13. The van der Waals surface area contributed by atoms with Crippen LogP contribution >= 0.6 is 22.9 Å². The van der Waals surface area contributed by atoms with Crippen LogP contribution in [0.15, 0.2) is 29.6 Å². The number of rotatable bonds is 5. The molecule has 6 heteroatoms. The first-order chi connectivity index (χ1) is 9.61. The fourth-order valence-corrected chi connectivity index (χ4v) is 2.65. The molecule has 0 unspecified atom stereocenters. The van der Waals surface area contributed by atoms with Crippen LogP contribution in [0, 0.1) is 0 Å². The molecule has 2 aromatic rings. The summed E-state index contributed by atoms with van der Waals surface area (Å²) in [6.45, 7) is 2.76. The van der Waals surface area contributed by atoms with Gasteiger partial charge in [-0.15, -0.1) is 11.3 Å². The molecule has 0 bridgehead atoms. The maximum absolute atomic E-state index is 11.6. The first-order valence-electron chi connectivity index (χ1n) is 6.19. The Morgan fingerprint density at radius 2 is 2.20 bits per heavy atom. The third-order valence-electron chi connectivity index (χ3n) is 2.67. The lowest BCUT2D eigenvalue weighted by atomic mass is 10.2. The highest BCUT2D eigenvalue weighted by Gasteiger charge is 2.14. The molecule has 1 aromatic carbocycles. The average molecular weight is 311 g/mol. The van der Waals surface area contributed by atoms with Gasteiger partial charge in [0.2, 0.25) is 0 Å². The summed E-state index contributed by atoms with van der Waals surface area (Å²) in [7, 11) is 1.91. The zero-order chi connectivity index (χ0) is 14.5. The molecule has 106 valence electrons. The Balaban J connectivity index is 2.08. The van der Waals surface area contributed by atoms with Crippen molar-refractivity contribution < 1.29 is 9.53 Å². The zero-order valence-electron chi connectivity index (χ0n) is 11.3. The lowest BCUT2D eigenvalue weighted by Crippen LogP contribution is -2.16. The van der Waals surface area contributed by atoms with E-state index in [4.69, 9.17) is 16.3 Å². The lowest BCUT2D eigenvalue weighted by Gasteiger charge is -2.16. The Morgan fingerprint density at radius 3 is 2.90 bits per heavy atom. The van der Waals surface area contributed by atoms with Crippen molar-refractivity contribution >= 4 is 34.0 Å². The van der Waals surface area contributed by atoms with Gasteiger partial charge in [-0.2, -0.15) is 0 Å². The van der Waals surface area contributed by atoms with E-state index in [-0.39, 0.29) is 5.97 Å². The fraction of sp³-hybridized carbons (Fsp3) is 0.286. The van der Waals surface area contributed by atoms with Gasteiger partial charge in [0.1, 0.15) is 0 Å². The number of halogens is 1. The maximum Gasteiger partial charge on any atom is 0.357 e. The molecule has 0 amide bonds. The Labute approximate surface area is 127 Å². The number of esters is 1. The summed E-state index contributed by atoms with van der Waals surface area (Å²) in [5, 5.41) is 3.19. The molecule has 2 rings (SSSR count). The summed E-state index contributed by atoms with van der Waals surface area (Å²) in [5.74, 6) is -0.388. The molecule has 0 atom stereocenters. The van der Waals surface area contributed by atoms with E-state index in [9.17, 15) is 4.79 Å². The van der Waals surface area contributed by atoms with Crippen LogP contribution in [0.5, 0.6) is 0 Å². The molecular weight excluding hydrogens is 296 g/mol. The highest BCUT2D eigenvalue weighted by Crippen LogP contribution is 2.23. The van der Waals surface area contributed by atoms with Crippen molar-refractivity contribution in [1.29, 1.82) is 0 Å². The van der Waals surface area contributed by atoms with Crippen molar-refractivity contribution in [3.8, 4) is 0 Å². The third kappa shape index (κ3) is 3.49. The first kappa shape index (κ1) is 14.8. The lowest BCUT2D eigenvalue weighted by molar-refractivity contribution is 0.0520. The summed E-state index contributed by atoms with van der Waals surface area (Å²) in [6, 6.07) is 7.67. The van der Waals surface area contributed by atoms with E-state index in [2.05, 4.69) is 4.98 Å². The molecule has 0 aliphatic rings. The van der Waals surface area contributed by atoms with E-state index in [0.717, 1.165) is 15.7 Å². The Bertz CT molecular complexity index is 600. The molecular formula is C14H15ClN2O2S. The van der Waals surface area contributed by atoms with Gasteiger partial charge >= 0.3 is 5.97 Å². The van der Waals surface area contributed by atoms with Gasteiger partial charge in [0.05, 0.1) is 6.61 Å². The van der Waals surface area contributed by atoms with Gasteiger partial charge in [0, 0.05) is 24.0 Å². The number of hydrogen-bond donors (Lipinski definition) is 0. The predicted molar refractivity (Wildman–Crippen MR) is 81.6 cm³/mol. The van der Waals surface area contributed by atoms with E-state index < -0.39 is 0 Å². The molecule has 1 heterocycles. The van der Waals surface area contributed by atoms with Crippen LogP contribution in [-0.2, 0) is 11.3 Å². The Kier molecular flexibility index (Phi) is 4.98. The number of benzene rings is 1. The van der Waals surface area contributed by atoms with Crippen molar-refractivity contribution in [2.24, 2.45) is 0 Å². The number of nitrogens with zero attached hydrogens (tertiary/aromatic N) is 2. The SMILES string of the molecule is CCOC(=O)c1csc(N(C)Cc2ccccc2Cl)n1. The topological polar surface area (TPSA) is 42.4 Å². The van der Waals surface area contributed by atoms with Gasteiger partial charge < -0.3 is 9.64 Å². The van der Waals surface area contributed by atoms with Gasteiger partial charge in [-0.25, -0.2) is 9.78 Å². The van der Waals surface area contributed by atoms with Crippen LogP contribution in [-0.4, -0.2) is 24.6 Å². The molecule has 0 saturated heterocycles. The molecule has 0 aliphatic heterocycles. The number of carbonyl (C=O) groups is 1. The van der Waals surface area contributed by atoms with E-state index in [1.54, 1.807) is 12.3 Å². The molecule has 0 N–H and O–H groups in total. The van der Waals surface area contributed by atoms with Crippen LogP contribution < -0.4 is 4.90 Å². The molecule has 4 nitrogen and oxygen atoms in total. The van der Waals surface area contributed by atoms with E-state index in [1.807, 2.05) is 36.2 Å². The molecule has 20 heavy (non-hydrogen) atoms. The minimum atomic E-state index is -0.388. The smallest absolute Gasteiger partial charge is 0.357 e. The van der Waals surface area contributed by atoms with E-state index in [1.165, 1.54) is 11.3 Å².